The van der Waals surface area contributed by atoms with E-state index in [4.69, 9.17) is 0 Å². The maximum atomic E-state index is 13.2. The first-order valence-corrected chi connectivity index (χ1v) is 9.82. The lowest BCUT2D eigenvalue weighted by molar-refractivity contribution is -0.116. The summed E-state index contributed by atoms with van der Waals surface area (Å²) in [5.74, 6) is 0.0151. The number of hydrogen-bond acceptors (Lipinski definition) is 3. The van der Waals surface area contributed by atoms with Crippen LogP contribution >= 0.6 is 15.9 Å². The minimum atomic E-state index is -0.288. The molecule has 4 heteroatoms. The van der Waals surface area contributed by atoms with E-state index in [0.717, 1.165) is 33.4 Å². The number of dihydropyridines is 1. The van der Waals surface area contributed by atoms with Crippen molar-refractivity contribution in [3.63, 3.8) is 0 Å². The highest BCUT2D eigenvalue weighted by Gasteiger charge is 2.38. The van der Waals surface area contributed by atoms with E-state index in [1.54, 1.807) is 0 Å². The minimum Gasteiger partial charge on any atom is -0.361 e. The standard InChI is InChI=1S/C23H19BrN2O/c1-14-19(13-25)22(16-7-9-18(24)10-8-16)23-20(26-14)11-17(12-21(23)27)15-5-3-2-4-6-15/h2-10,17,22,26H,11-12H2,1H3. The molecule has 1 aliphatic carbocycles. The van der Waals surface area contributed by atoms with Gasteiger partial charge in [-0.15, -0.1) is 0 Å². The van der Waals surface area contributed by atoms with Crippen LogP contribution in [0.15, 0.2) is 81.6 Å². The van der Waals surface area contributed by atoms with Gasteiger partial charge in [0.15, 0.2) is 5.78 Å². The van der Waals surface area contributed by atoms with E-state index in [-0.39, 0.29) is 17.6 Å². The first kappa shape index (κ1) is 17.8. The normalized spacial score (nSPS) is 22.2. The number of nitrogens with zero attached hydrogens (tertiary/aromatic N) is 1. The number of rotatable bonds is 2. The van der Waals surface area contributed by atoms with E-state index in [0.29, 0.717) is 12.0 Å². The molecule has 0 bridgehead atoms. The Morgan fingerprint density at radius 1 is 1.04 bits per heavy atom. The zero-order valence-corrected chi connectivity index (χ0v) is 16.6. The quantitative estimate of drug-likeness (QED) is 0.716. The van der Waals surface area contributed by atoms with Gasteiger partial charge in [0, 0.05) is 27.9 Å². The lowest BCUT2D eigenvalue weighted by Gasteiger charge is -2.35. The Balaban J connectivity index is 1.79. The van der Waals surface area contributed by atoms with Gasteiger partial charge in [0.1, 0.15) is 0 Å². The third-order valence-electron chi connectivity index (χ3n) is 5.42. The van der Waals surface area contributed by atoms with Gasteiger partial charge < -0.3 is 5.32 Å². The van der Waals surface area contributed by atoms with Crippen molar-refractivity contribution in [3.8, 4) is 6.07 Å². The van der Waals surface area contributed by atoms with Gasteiger partial charge in [-0.1, -0.05) is 58.4 Å². The first-order chi connectivity index (χ1) is 13.1. The van der Waals surface area contributed by atoms with Crippen molar-refractivity contribution in [1.82, 2.24) is 5.32 Å². The Kier molecular flexibility index (Phi) is 4.72. The predicted octanol–water partition coefficient (Wildman–Crippen LogP) is 5.33. The number of Topliss-reactive ketones (excluding diaryl/α,β-unsaturated/α-hetero) is 1. The molecular formula is C23H19BrN2O. The Hall–Kier alpha value is -2.64. The molecule has 2 atom stereocenters. The van der Waals surface area contributed by atoms with Crippen molar-refractivity contribution < 1.29 is 4.79 Å². The molecule has 27 heavy (non-hydrogen) atoms. The molecule has 0 spiro atoms. The molecule has 2 aromatic carbocycles. The summed E-state index contributed by atoms with van der Waals surface area (Å²) in [7, 11) is 0. The van der Waals surface area contributed by atoms with Crippen molar-refractivity contribution in [2.24, 2.45) is 0 Å². The molecule has 2 unspecified atom stereocenters. The molecule has 0 aromatic heterocycles. The van der Waals surface area contributed by atoms with Gasteiger partial charge in [-0.25, -0.2) is 0 Å². The molecule has 2 aromatic rings. The second-order valence-corrected chi connectivity index (χ2v) is 8.01. The lowest BCUT2D eigenvalue weighted by Crippen LogP contribution is -2.33. The average molecular weight is 419 g/mol. The van der Waals surface area contributed by atoms with Crippen LogP contribution in [0.5, 0.6) is 0 Å². The number of hydrogen-bond donors (Lipinski definition) is 1. The largest absolute Gasteiger partial charge is 0.361 e. The van der Waals surface area contributed by atoms with Crippen LogP contribution in [0, 0.1) is 11.3 Å². The SMILES string of the molecule is CC1=C(C#N)C(c2ccc(Br)cc2)C2=C(CC(c3ccccc3)CC2=O)N1. The van der Waals surface area contributed by atoms with Gasteiger partial charge in [-0.05, 0) is 42.5 Å². The molecule has 0 amide bonds. The van der Waals surface area contributed by atoms with Crippen LogP contribution in [-0.2, 0) is 4.79 Å². The highest BCUT2D eigenvalue weighted by molar-refractivity contribution is 9.10. The topological polar surface area (TPSA) is 52.9 Å². The van der Waals surface area contributed by atoms with Crippen LogP contribution in [0.4, 0.5) is 0 Å². The maximum Gasteiger partial charge on any atom is 0.162 e. The van der Waals surface area contributed by atoms with Crippen LogP contribution < -0.4 is 5.32 Å². The van der Waals surface area contributed by atoms with Gasteiger partial charge in [-0.2, -0.15) is 5.26 Å². The molecule has 0 saturated carbocycles. The van der Waals surface area contributed by atoms with Crippen molar-refractivity contribution in [2.75, 3.05) is 0 Å². The molecule has 1 N–H and O–H groups in total. The number of carbonyl (C=O) groups is 1. The number of halogens is 1. The summed E-state index contributed by atoms with van der Waals surface area (Å²) >= 11 is 3.46. The lowest BCUT2D eigenvalue weighted by atomic mass is 9.72. The number of carbonyl (C=O) groups excluding carboxylic acids is 1. The number of allylic oxidation sites excluding steroid dienone is 4. The van der Waals surface area contributed by atoms with E-state index in [1.165, 1.54) is 5.56 Å². The summed E-state index contributed by atoms with van der Waals surface area (Å²) < 4.78 is 0.979. The van der Waals surface area contributed by atoms with E-state index in [9.17, 15) is 10.1 Å². The van der Waals surface area contributed by atoms with Crippen molar-refractivity contribution in [2.45, 2.75) is 31.6 Å². The van der Waals surface area contributed by atoms with Crippen molar-refractivity contribution >= 4 is 21.7 Å². The zero-order valence-electron chi connectivity index (χ0n) is 15.0. The fraction of sp³-hybridized carbons (Fsp3) is 0.217. The molecule has 1 heterocycles. The molecule has 4 rings (SSSR count). The number of ketones is 1. The van der Waals surface area contributed by atoms with E-state index < -0.39 is 0 Å². The Morgan fingerprint density at radius 3 is 2.41 bits per heavy atom. The molecular weight excluding hydrogens is 400 g/mol. The summed E-state index contributed by atoms with van der Waals surface area (Å²) in [5.41, 5.74) is 5.35. The van der Waals surface area contributed by atoms with Crippen LogP contribution in [0.1, 0.15) is 42.7 Å². The smallest absolute Gasteiger partial charge is 0.162 e. The molecule has 0 saturated heterocycles. The average Bonchev–Trinajstić information content (AvgIpc) is 2.68. The fourth-order valence-electron chi connectivity index (χ4n) is 4.14. The monoisotopic (exact) mass is 418 g/mol. The van der Waals surface area contributed by atoms with Gasteiger partial charge in [-0.3, -0.25) is 4.79 Å². The molecule has 3 nitrogen and oxygen atoms in total. The second kappa shape index (κ2) is 7.17. The molecule has 0 radical (unpaired) electrons. The number of nitriles is 1. The van der Waals surface area contributed by atoms with Gasteiger partial charge in [0.2, 0.25) is 0 Å². The second-order valence-electron chi connectivity index (χ2n) is 7.09. The summed E-state index contributed by atoms with van der Waals surface area (Å²) in [6.07, 6.45) is 1.27. The molecule has 0 fully saturated rings. The molecule has 2 aliphatic rings. The summed E-state index contributed by atoms with van der Waals surface area (Å²) in [6.45, 7) is 1.92. The molecule has 1 aliphatic heterocycles. The van der Waals surface area contributed by atoms with Crippen molar-refractivity contribution in [3.05, 3.63) is 92.7 Å². The van der Waals surface area contributed by atoms with Gasteiger partial charge in [0.05, 0.1) is 17.6 Å². The van der Waals surface area contributed by atoms with E-state index in [1.807, 2.05) is 49.4 Å². The maximum absolute atomic E-state index is 13.2. The fourth-order valence-corrected chi connectivity index (χ4v) is 4.40. The van der Waals surface area contributed by atoms with Crippen LogP contribution in [0.3, 0.4) is 0 Å². The van der Waals surface area contributed by atoms with Crippen molar-refractivity contribution in [1.29, 1.82) is 5.26 Å². The minimum absolute atomic E-state index is 0.130. The molecule has 134 valence electrons. The summed E-state index contributed by atoms with van der Waals surface area (Å²) in [4.78, 5) is 13.2. The summed E-state index contributed by atoms with van der Waals surface area (Å²) in [5, 5.41) is 13.1. The summed E-state index contributed by atoms with van der Waals surface area (Å²) in [6, 6.07) is 20.4. The predicted molar refractivity (Wildman–Crippen MR) is 109 cm³/mol. The van der Waals surface area contributed by atoms with E-state index >= 15 is 0 Å². The number of benzene rings is 2. The Labute approximate surface area is 167 Å². The Bertz CT molecular complexity index is 997. The highest BCUT2D eigenvalue weighted by Crippen LogP contribution is 2.45. The van der Waals surface area contributed by atoms with Crippen LogP contribution in [-0.4, -0.2) is 5.78 Å². The Morgan fingerprint density at radius 2 is 1.74 bits per heavy atom. The first-order valence-electron chi connectivity index (χ1n) is 9.03. The van der Waals surface area contributed by atoms with Gasteiger partial charge >= 0.3 is 0 Å². The third kappa shape index (κ3) is 3.24. The van der Waals surface area contributed by atoms with E-state index in [2.05, 4.69) is 39.4 Å². The number of nitrogens with one attached hydrogen (secondary N) is 1. The highest BCUT2D eigenvalue weighted by atomic mass is 79.9. The van der Waals surface area contributed by atoms with Crippen LogP contribution in [0.25, 0.3) is 0 Å². The zero-order chi connectivity index (χ0) is 19.0. The third-order valence-corrected chi connectivity index (χ3v) is 5.95. The van der Waals surface area contributed by atoms with Gasteiger partial charge in [0.25, 0.3) is 0 Å². The van der Waals surface area contributed by atoms with Crippen LogP contribution in [0.2, 0.25) is 0 Å².